The maximum absolute atomic E-state index is 11.7. The van der Waals surface area contributed by atoms with E-state index in [1.54, 1.807) is 32.0 Å². The van der Waals surface area contributed by atoms with Crippen LogP contribution in [-0.2, 0) is 21.4 Å². The summed E-state index contributed by atoms with van der Waals surface area (Å²) in [5.74, 6) is 0.412. The Bertz CT molecular complexity index is 1980. The third-order valence-electron chi connectivity index (χ3n) is 9.26. The predicted octanol–water partition coefficient (Wildman–Crippen LogP) is 10.5. The van der Waals surface area contributed by atoms with Gasteiger partial charge in [0.05, 0.1) is 17.4 Å². The number of rotatable bonds is 17. The number of carbonyl (C=O) groups excluding carboxylic acids is 2. The zero-order chi connectivity index (χ0) is 42.8. The summed E-state index contributed by atoms with van der Waals surface area (Å²) in [6.07, 6.45) is 14.8. The number of hydrogen-bond donors (Lipinski definition) is 4. The van der Waals surface area contributed by atoms with Crippen LogP contribution in [0.5, 0.6) is 5.75 Å². The average molecular weight is 830 g/mol. The Balaban J connectivity index is 0.000000364. The van der Waals surface area contributed by atoms with E-state index in [0.29, 0.717) is 28.0 Å². The number of amides is 2. The van der Waals surface area contributed by atoms with Crippen molar-refractivity contribution in [2.75, 3.05) is 6.54 Å². The summed E-state index contributed by atoms with van der Waals surface area (Å²) in [6, 6.07) is 19.1. The van der Waals surface area contributed by atoms with E-state index in [9.17, 15) is 14.4 Å². The lowest BCUT2D eigenvalue weighted by Gasteiger charge is -2.20. The lowest BCUT2D eigenvalue weighted by molar-refractivity contribution is -0.129. The topological polar surface area (TPSA) is 143 Å². The van der Waals surface area contributed by atoms with Gasteiger partial charge >= 0.3 is 5.97 Å². The lowest BCUT2D eigenvalue weighted by Crippen LogP contribution is -2.47. The molecule has 0 bridgehead atoms. The second-order valence-corrected chi connectivity index (χ2v) is 16.2. The summed E-state index contributed by atoms with van der Waals surface area (Å²) in [6.45, 7) is 16.9. The molecule has 1 unspecified atom stereocenters. The van der Waals surface area contributed by atoms with Crippen molar-refractivity contribution < 1.29 is 24.2 Å². The number of primary amides is 1. The number of carboxylic acid groups (broad SMARTS) is 1. The molecule has 1 aliphatic carbocycles. The maximum atomic E-state index is 11.7. The number of allylic oxidation sites excluding steroid dienone is 5. The minimum absolute atomic E-state index is 0.0908. The van der Waals surface area contributed by atoms with Gasteiger partial charge in [0.15, 0.2) is 0 Å². The largest absolute Gasteiger partial charge is 0.478 e. The predicted molar refractivity (Wildman–Crippen MR) is 238 cm³/mol. The molecule has 5 N–H and O–H groups in total. The van der Waals surface area contributed by atoms with Gasteiger partial charge in [-0.15, -0.1) is 6.58 Å². The molecule has 0 fully saturated rings. The van der Waals surface area contributed by atoms with Gasteiger partial charge in [0, 0.05) is 35.3 Å². The highest BCUT2D eigenvalue weighted by molar-refractivity contribution is 6.35. The van der Waals surface area contributed by atoms with Crippen LogP contribution >= 0.6 is 23.2 Å². The van der Waals surface area contributed by atoms with Crippen molar-refractivity contribution in [2.45, 2.75) is 97.6 Å². The van der Waals surface area contributed by atoms with E-state index in [2.05, 4.69) is 69.2 Å². The second kappa shape index (κ2) is 23.3. The number of carbonyl (C=O) groups is 3. The first-order valence-corrected chi connectivity index (χ1v) is 20.4. The maximum Gasteiger partial charge on any atom is 0.335 e. The molecule has 0 saturated carbocycles. The van der Waals surface area contributed by atoms with Crippen LogP contribution in [0.1, 0.15) is 107 Å². The van der Waals surface area contributed by atoms with Crippen molar-refractivity contribution in [1.82, 2.24) is 10.6 Å². The molecule has 58 heavy (non-hydrogen) atoms. The molecule has 0 saturated heterocycles. The van der Waals surface area contributed by atoms with Crippen LogP contribution in [0.15, 0.2) is 120 Å². The van der Waals surface area contributed by atoms with Crippen LogP contribution in [0, 0.1) is 5.92 Å². The van der Waals surface area contributed by atoms with E-state index in [1.165, 1.54) is 23.3 Å². The van der Waals surface area contributed by atoms with E-state index in [4.69, 9.17) is 43.8 Å². The Morgan fingerprint density at radius 2 is 1.67 bits per heavy atom. The first-order valence-electron chi connectivity index (χ1n) is 19.7. The van der Waals surface area contributed by atoms with Crippen molar-refractivity contribution in [3.05, 3.63) is 147 Å². The van der Waals surface area contributed by atoms with Gasteiger partial charge in [-0.2, -0.15) is 0 Å². The number of aliphatic imine (C=N–C) groups is 1. The highest BCUT2D eigenvalue weighted by Crippen LogP contribution is 2.28. The SMILES string of the molecule is C=CC(NC(CCC1=CCC=C(Oc2ccc(C(=O)O)cc2)C=C1)=NCCCC)c1ccc(Cl)cc1Cl.CC(C)C(=O)N[C@@H](Cc1ccc(C(C)(C)C)cc1)C(N)=O. The molecule has 2 atom stereocenters. The van der Waals surface area contributed by atoms with Gasteiger partial charge < -0.3 is 26.2 Å². The standard InChI is InChI=1S/C30H32Cl2N2O3.C17H26N2O2/c1-3-5-19-33-29(34-28(4-2)26-17-13-23(31)20-27(26)32)18-10-21-7-6-8-24(14-9-21)37-25-15-11-22(12-16-25)30(35)36;1-11(2)16(21)19-14(15(18)20)10-12-6-8-13(9-7-12)17(3,4)5/h4,7-9,11-17,20,28H,2-3,5-6,10,18-19H2,1H3,(H,33,34)(H,35,36);6-9,11,14H,10H2,1-5H3,(H2,18,20)(H,19,21)/t;14-/m.0/s1. The van der Waals surface area contributed by atoms with Crippen molar-refractivity contribution >= 4 is 46.8 Å². The van der Waals surface area contributed by atoms with Gasteiger partial charge in [-0.1, -0.05) is 125 Å². The van der Waals surface area contributed by atoms with Crippen molar-refractivity contribution in [1.29, 1.82) is 0 Å². The first kappa shape index (κ1) is 47.3. The zero-order valence-corrected chi connectivity index (χ0v) is 36.0. The van der Waals surface area contributed by atoms with Crippen LogP contribution in [-0.4, -0.2) is 41.3 Å². The zero-order valence-electron chi connectivity index (χ0n) is 34.5. The van der Waals surface area contributed by atoms with E-state index in [-0.39, 0.29) is 28.8 Å². The molecule has 4 rings (SSSR count). The van der Waals surface area contributed by atoms with Gasteiger partial charge in [0.2, 0.25) is 11.8 Å². The van der Waals surface area contributed by atoms with Gasteiger partial charge in [-0.3, -0.25) is 14.6 Å². The molecule has 1 aliphatic rings. The number of carboxylic acids is 1. The highest BCUT2D eigenvalue weighted by Gasteiger charge is 2.21. The Morgan fingerprint density at radius 1 is 0.983 bits per heavy atom. The Labute approximate surface area is 354 Å². The minimum Gasteiger partial charge on any atom is -0.478 e. The number of nitrogens with two attached hydrogens (primary N) is 1. The summed E-state index contributed by atoms with van der Waals surface area (Å²) in [5.41, 5.74) is 9.99. The number of amidine groups is 1. The highest BCUT2D eigenvalue weighted by atomic mass is 35.5. The first-order chi connectivity index (χ1) is 27.5. The molecule has 310 valence electrons. The molecule has 0 spiro atoms. The molecule has 11 heteroatoms. The minimum atomic E-state index is -0.961. The third-order valence-corrected chi connectivity index (χ3v) is 9.82. The van der Waals surface area contributed by atoms with Crippen LogP contribution < -0.4 is 21.1 Å². The lowest BCUT2D eigenvalue weighted by atomic mass is 9.86. The molecular formula is C47H58Cl2N4O5. The quantitative estimate of drug-likeness (QED) is 0.0462. The Hall–Kier alpha value is -5.12. The van der Waals surface area contributed by atoms with Gasteiger partial charge in [-0.25, -0.2) is 4.79 Å². The summed E-state index contributed by atoms with van der Waals surface area (Å²) < 4.78 is 5.92. The number of halogens is 2. The molecule has 0 aromatic heterocycles. The average Bonchev–Trinajstić information content (AvgIpc) is 3.40. The van der Waals surface area contributed by atoms with Gasteiger partial charge in [-0.05, 0) is 89.9 Å². The van der Waals surface area contributed by atoms with Crippen LogP contribution in [0.3, 0.4) is 0 Å². The number of benzene rings is 3. The molecule has 9 nitrogen and oxygen atoms in total. The van der Waals surface area contributed by atoms with Crippen molar-refractivity contribution in [3.8, 4) is 5.75 Å². The summed E-state index contributed by atoms with van der Waals surface area (Å²) in [7, 11) is 0. The molecular weight excluding hydrogens is 771 g/mol. The fourth-order valence-corrected chi connectivity index (χ4v) is 6.21. The fraction of sp³-hybridized carbons (Fsp3) is 0.362. The monoisotopic (exact) mass is 828 g/mol. The normalized spacial score (nSPS) is 13.8. The van der Waals surface area contributed by atoms with Crippen molar-refractivity contribution in [2.24, 2.45) is 16.6 Å². The van der Waals surface area contributed by atoms with Gasteiger partial charge in [0.25, 0.3) is 0 Å². The fourth-order valence-electron chi connectivity index (χ4n) is 5.68. The van der Waals surface area contributed by atoms with Crippen LogP contribution in [0.25, 0.3) is 0 Å². The third kappa shape index (κ3) is 16.0. The summed E-state index contributed by atoms with van der Waals surface area (Å²) in [4.78, 5) is 39.1. The molecule has 0 aliphatic heterocycles. The Morgan fingerprint density at radius 3 is 2.24 bits per heavy atom. The number of nitrogens with one attached hydrogen (secondary N) is 2. The number of ether oxygens (including phenoxy) is 1. The molecule has 2 amide bonds. The van der Waals surface area contributed by atoms with E-state index in [0.717, 1.165) is 55.6 Å². The molecule has 3 aromatic carbocycles. The number of aromatic carboxylic acids is 1. The number of hydrogen-bond acceptors (Lipinski definition) is 5. The molecule has 0 radical (unpaired) electrons. The summed E-state index contributed by atoms with van der Waals surface area (Å²) >= 11 is 12.5. The summed E-state index contributed by atoms with van der Waals surface area (Å²) in [5, 5.41) is 16.5. The van der Waals surface area contributed by atoms with Crippen LogP contribution in [0.4, 0.5) is 0 Å². The number of nitrogens with zero attached hydrogens (tertiary/aromatic N) is 1. The van der Waals surface area contributed by atoms with E-state index in [1.807, 2.05) is 42.5 Å². The smallest absolute Gasteiger partial charge is 0.335 e. The van der Waals surface area contributed by atoms with E-state index < -0.39 is 17.9 Å². The van der Waals surface area contributed by atoms with Gasteiger partial charge in [0.1, 0.15) is 17.6 Å². The second-order valence-electron chi connectivity index (χ2n) is 15.4. The Kier molecular flexibility index (Phi) is 19.0. The molecule has 0 heterocycles. The number of unbranched alkanes of at least 4 members (excludes halogenated alkanes) is 1. The van der Waals surface area contributed by atoms with Crippen molar-refractivity contribution in [3.63, 3.8) is 0 Å². The van der Waals surface area contributed by atoms with E-state index >= 15 is 0 Å². The van der Waals surface area contributed by atoms with Crippen LogP contribution in [0.2, 0.25) is 10.0 Å². The molecule has 3 aromatic rings.